The molecule has 1 aliphatic heterocycles. The maximum Gasteiger partial charge on any atom is 0.203 e. The summed E-state index contributed by atoms with van der Waals surface area (Å²) >= 11 is 0. The van der Waals surface area contributed by atoms with Crippen molar-refractivity contribution in [3.63, 3.8) is 0 Å². The van der Waals surface area contributed by atoms with E-state index in [1.807, 2.05) is 23.7 Å². The normalized spacial score (nSPS) is 16.8. The largest absolute Gasteiger partial charge is 0.378 e. The molecule has 21 heavy (non-hydrogen) atoms. The summed E-state index contributed by atoms with van der Waals surface area (Å²) in [7, 11) is 0. The minimum Gasteiger partial charge on any atom is -0.378 e. The first kappa shape index (κ1) is 14.2. The third-order valence-electron chi connectivity index (χ3n) is 3.92. The van der Waals surface area contributed by atoms with Gasteiger partial charge < -0.3 is 15.4 Å². The molecule has 0 amide bonds. The fourth-order valence-electron chi connectivity index (χ4n) is 2.72. The average molecular weight is 290 g/mol. The van der Waals surface area contributed by atoms with Crippen LogP contribution in [0, 0.1) is 6.92 Å². The molecule has 1 fully saturated rings. The van der Waals surface area contributed by atoms with Crippen molar-refractivity contribution >= 4 is 11.5 Å². The van der Waals surface area contributed by atoms with E-state index in [-0.39, 0.29) is 0 Å². The van der Waals surface area contributed by atoms with Gasteiger partial charge in [-0.25, -0.2) is 4.98 Å². The second-order valence-corrected chi connectivity index (χ2v) is 5.39. The van der Waals surface area contributed by atoms with Gasteiger partial charge in [0.2, 0.25) is 5.65 Å². The lowest BCUT2D eigenvalue weighted by molar-refractivity contribution is 0.0366. The van der Waals surface area contributed by atoms with Crippen LogP contribution >= 0.6 is 0 Å². The maximum atomic E-state index is 5.84. The summed E-state index contributed by atoms with van der Waals surface area (Å²) in [4.78, 5) is 6.76. The summed E-state index contributed by atoms with van der Waals surface area (Å²) < 4.78 is 7.82. The van der Waals surface area contributed by atoms with Crippen LogP contribution in [0.5, 0.6) is 0 Å². The van der Waals surface area contributed by atoms with Gasteiger partial charge in [0.15, 0.2) is 5.82 Å². The number of anilines is 1. The van der Waals surface area contributed by atoms with Crippen LogP contribution in [0.3, 0.4) is 0 Å². The predicted molar refractivity (Wildman–Crippen MR) is 80.4 cm³/mol. The number of aryl methyl sites for hydroxylation is 1. The van der Waals surface area contributed by atoms with Crippen LogP contribution in [-0.4, -0.2) is 51.9 Å². The second kappa shape index (κ2) is 6.36. The molecule has 1 saturated heterocycles. The van der Waals surface area contributed by atoms with Gasteiger partial charge >= 0.3 is 0 Å². The number of hydrogen-bond donors (Lipinski definition) is 1. The highest BCUT2D eigenvalue weighted by atomic mass is 16.5. The number of aromatic nitrogens is 4. The monoisotopic (exact) mass is 290 g/mol. The molecule has 7 heteroatoms. The number of ether oxygens (including phenoxy) is 1. The lowest BCUT2D eigenvalue weighted by Gasteiger charge is -2.32. The van der Waals surface area contributed by atoms with E-state index >= 15 is 0 Å². The van der Waals surface area contributed by atoms with Crippen molar-refractivity contribution in [1.29, 1.82) is 0 Å². The highest BCUT2D eigenvalue weighted by Gasteiger charge is 2.23. The predicted octanol–water partition coefficient (Wildman–Crippen LogP) is 0.767. The number of nitrogens with zero attached hydrogens (tertiary/aromatic N) is 5. The first-order chi connectivity index (χ1) is 10.3. The van der Waals surface area contributed by atoms with Gasteiger partial charge in [0.05, 0.1) is 6.10 Å². The summed E-state index contributed by atoms with van der Waals surface area (Å²) in [5.74, 6) is 1.80. The third-order valence-corrected chi connectivity index (χ3v) is 3.92. The molecule has 7 nitrogen and oxygen atoms in total. The summed E-state index contributed by atoms with van der Waals surface area (Å²) in [5, 5.41) is 8.36. The van der Waals surface area contributed by atoms with Crippen LogP contribution in [0.4, 0.5) is 5.82 Å². The van der Waals surface area contributed by atoms with E-state index in [0.29, 0.717) is 12.6 Å². The van der Waals surface area contributed by atoms with Crippen LogP contribution in [0.25, 0.3) is 5.65 Å². The smallest absolute Gasteiger partial charge is 0.203 e. The molecule has 3 heterocycles. The van der Waals surface area contributed by atoms with Crippen molar-refractivity contribution in [2.24, 2.45) is 5.73 Å². The molecule has 2 aromatic rings. The Kier molecular flexibility index (Phi) is 4.31. The Labute approximate surface area is 124 Å². The Morgan fingerprint density at radius 3 is 2.90 bits per heavy atom. The quantitative estimate of drug-likeness (QED) is 0.819. The van der Waals surface area contributed by atoms with Gasteiger partial charge in [0.25, 0.3) is 0 Å². The Hall–Kier alpha value is -1.73. The number of rotatable bonds is 5. The Morgan fingerprint density at radius 2 is 2.14 bits per heavy atom. The molecule has 2 N–H and O–H groups in total. The molecule has 0 spiro atoms. The summed E-state index contributed by atoms with van der Waals surface area (Å²) in [6.45, 7) is 5.27. The van der Waals surface area contributed by atoms with Crippen LogP contribution in [0.15, 0.2) is 12.4 Å². The minimum atomic E-state index is 0.340. The van der Waals surface area contributed by atoms with Crippen molar-refractivity contribution in [3.05, 3.63) is 18.2 Å². The van der Waals surface area contributed by atoms with E-state index in [2.05, 4.69) is 20.1 Å². The molecular formula is C14H22N6O. The lowest BCUT2D eigenvalue weighted by Crippen LogP contribution is -2.38. The van der Waals surface area contributed by atoms with Gasteiger partial charge in [-0.1, -0.05) is 0 Å². The first-order valence-corrected chi connectivity index (χ1v) is 7.52. The number of fused-ring (bicyclic) bond motifs is 1. The van der Waals surface area contributed by atoms with E-state index in [4.69, 9.17) is 10.5 Å². The molecule has 0 aromatic carbocycles. The van der Waals surface area contributed by atoms with Crippen LogP contribution in [0.2, 0.25) is 0 Å². The van der Waals surface area contributed by atoms with Crippen LogP contribution in [0.1, 0.15) is 25.1 Å². The van der Waals surface area contributed by atoms with E-state index in [1.165, 1.54) is 0 Å². The lowest BCUT2D eigenvalue weighted by atomic mass is 10.1. The van der Waals surface area contributed by atoms with Gasteiger partial charge in [0, 0.05) is 32.1 Å². The zero-order chi connectivity index (χ0) is 14.7. The van der Waals surface area contributed by atoms with Gasteiger partial charge in [-0.3, -0.25) is 4.40 Å². The molecular weight excluding hydrogens is 268 g/mol. The van der Waals surface area contributed by atoms with Crippen molar-refractivity contribution in [3.8, 4) is 0 Å². The minimum absolute atomic E-state index is 0.340. The summed E-state index contributed by atoms with van der Waals surface area (Å²) in [6, 6.07) is 0. The third kappa shape index (κ3) is 2.98. The number of hydrogen-bond acceptors (Lipinski definition) is 6. The average Bonchev–Trinajstić information content (AvgIpc) is 2.90. The van der Waals surface area contributed by atoms with Crippen molar-refractivity contribution in [2.45, 2.75) is 32.3 Å². The molecule has 3 rings (SSSR count). The highest BCUT2D eigenvalue weighted by molar-refractivity contribution is 5.63. The maximum absolute atomic E-state index is 5.84. The first-order valence-electron chi connectivity index (χ1n) is 7.52. The summed E-state index contributed by atoms with van der Waals surface area (Å²) in [5.41, 5.74) is 6.32. The zero-order valence-corrected chi connectivity index (χ0v) is 12.4. The fraction of sp³-hybridized carbons (Fsp3) is 0.643. The second-order valence-electron chi connectivity index (χ2n) is 5.39. The van der Waals surface area contributed by atoms with Gasteiger partial charge in [-0.15, -0.1) is 10.2 Å². The molecule has 0 bridgehead atoms. The Morgan fingerprint density at radius 1 is 1.33 bits per heavy atom. The van der Waals surface area contributed by atoms with Crippen molar-refractivity contribution in [1.82, 2.24) is 19.6 Å². The van der Waals surface area contributed by atoms with Gasteiger partial charge in [0.1, 0.15) is 5.82 Å². The molecule has 114 valence electrons. The summed E-state index contributed by atoms with van der Waals surface area (Å²) in [6.07, 6.45) is 7.01. The van der Waals surface area contributed by atoms with Crippen molar-refractivity contribution in [2.75, 3.05) is 31.1 Å². The highest BCUT2D eigenvalue weighted by Crippen LogP contribution is 2.23. The SMILES string of the molecule is Cc1nnc2c(N3CCC(OCCCN)CC3)nccn12. The number of nitrogens with two attached hydrogens (primary N) is 1. The molecule has 1 aliphatic rings. The van der Waals surface area contributed by atoms with E-state index in [0.717, 1.165) is 56.2 Å². The van der Waals surface area contributed by atoms with Crippen molar-refractivity contribution < 1.29 is 4.74 Å². The van der Waals surface area contributed by atoms with Gasteiger partial charge in [-0.05, 0) is 32.7 Å². The van der Waals surface area contributed by atoms with E-state index < -0.39 is 0 Å². The molecule has 0 atom stereocenters. The molecule has 2 aromatic heterocycles. The Balaban J connectivity index is 1.66. The van der Waals surface area contributed by atoms with E-state index in [1.54, 1.807) is 0 Å². The molecule has 0 aliphatic carbocycles. The van der Waals surface area contributed by atoms with Crippen LogP contribution in [-0.2, 0) is 4.74 Å². The fourth-order valence-corrected chi connectivity index (χ4v) is 2.72. The molecule has 0 unspecified atom stereocenters. The zero-order valence-electron chi connectivity index (χ0n) is 12.4. The van der Waals surface area contributed by atoms with Crippen LogP contribution < -0.4 is 10.6 Å². The number of piperidine rings is 1. The van der Waals surface area contributed by atoms with Gasteiger partial charge in [-0.2, -0.15) is 0 Å². The molecule has 0 saturated carbocycles. The van der Waals surface area contributed by atoms with E-state index in [9.17, 15) is 0 Å². The topological polar surface area (TPSA) is 81.6 Å². The molecule has 0 radical (unpaired) electrons. The standard InChI is InChI=1S/C14H22N6O/c1-11-17-18-14-13(16-6-9-20(11)14)19-7-3-12(4-8-19)21-10-2-5-15/h6,9,12H,2-5,7-8,10,15H2,1H3. The Bertz CT molecular complexity index is 590.